The molecule has 0 saturated carbocycles. The van der Waals surface area contributed by atoms with Gasteiger partial charge >= 0.3 is 6.18 Å². The van der Waals surface area contributed by atoms with E-state index in [2.05, 4.69) is 15.6 Å². The number of hydrogen-bond donors (Lipinski definition) is 3. The summed E-state index contributed by atoms with van der Waals surface area (Å²) in [5.74, 6) is -0.538. The Morgan fingerprint density at radius 3 is 2.69 bits per heavy atom. The summed E-state index contributed by atoms with van der Waals surface area (Å²) in [6.45, 7) is 1.12. The SMILES string of the molecule is O=C1NCCN[C@H]1C(CCc1c[nH]c2ccccc12)c1cccc(C(F)(F)F)c1. The van der Waals surface area contributed by atoms with E-state index in [1.54, 1.807) is 6.07 Å². The zero-order valence-electron chi connectivity index (χ0n) is 15.7. The molecule has 2 aromatic carbocycles. The molecule has 0 spiro atoms. The number of halogens is 3. The van der Waals surface area contributed by atoms with Crippen molar-refractivity contribution in [3.63, 3.8) is 0 Å². The van der Waals surface area contributed by atoms with Gasteiger partial charge in [0.05, 0.1) is 11.6 Å². The number of para-hydroxylation sites is 1. The van der Waals surface area contributed by atoms with Gasteiger partial charge < -0.3 is 15.6 Å². The lowest BCUT2D eigenvalue weighted by molar-refractivity contribution is -0.137. The number of rotatable bonds is 5. The second-order valence-corrected chi connectivity index (χ2v) is 7.35. The number of fused-ring (bicyclic) bond motifs is 1. The van der Waals surface area contributed by atoms with Gasteiger partial charge in [-0.15, -0.1) is 0 Å². The molecule has 4 rings (SSSR count). The maximum Gasteiger partial charge on any atom is 0.416 e. The van der Waals surface area contributed by atoms with E-state index in [9.17, 15) is 18.0 Å². The number of aromatic nitrogens is 1. The molecule has 29 heavy (non-hydrogen) atoms. The van der Waals surface area contributed by atoms with E-state index < -0.39 is 17.8 Å². The third kappa shape index (κ3) is 4.15. The van der Waals surface area contributed by atoms with Gasteiger partial charge in [0.25, 0.3) is 0 Å². The highest BCUT2D eigenvalue weighted by Gasteiger charge is 2.34. The van der Waals surface area contributed by atoms with E-state index in [0.29, 0.717) is 31.5 Å². The molecular weight excluding hydrogens is 379 g/mol. The zero-order chi connectivity index (χ0) is 20.4. The first-order valence-electron chi connectivity index (χ1n) is 9.67. The third-order valence-electron chi connectivity index (χ3n) is 5.52. The molecule has 3 aromatic rings. The maximum absolute atomic E-state index is 13.2. The Kier molecular flexibility index (Phi) is 5.32. The molecule has 2 atom stereocenters. The number of hydrogen-bond acceptors (Lipinski definition) is 2. The highest BCUT2D eigenvalue weighted by atomic mass is 19.4. The van der Waals surface area contributed by atoms with Crippen LogP contribution in [0, 0.1) is 0 Å². The summed E-state index contributed by atoms with van der Waals surface area (Å²) in [6, 6.07) is 12.7. The normalized spacial score (nSPS) is 18.6. The number of H-pyrrole nitrogens is 1. The molecule has 152 valence electrons. The molecule has 1 amide bonds. The summed E-state index contributed by atoms with van der Waals surface area (Å²) in [5.41, 5.74) is 1.94. The zero-order valence-corrected chi connectivity index (χ0v) is 15.7. The topological polar surface area (TPSA) is 56.9 Å². The standard InChI is InChI=1S/C22H22F3N3O/c23-22(24,25)16-5-3-4-14(12-16)18(20-21(29)27-11-10-26-20)9-8-15-13-28-19-7-2-1-6-17(15)19/h1-7,12-13,18,20,26,28H,8-11H2,(H,27,29)/t18?,20-/m0/s1. The van der Waals surface area contributed by atoms with Crippen LogP contribution in [-0.2, 0) is 17.4 Å². The van der Waals surface area contributed by atoms with Gasteiger partial charge in [0.1, 0.15) is 0 Å². The van der Waals surface area contributed by atoms with Crippen molar-refractivity contribution >= 4 is 16.8 Å². The Hall–Kier alpha value is -2.80. The van der Waals surface area contributed by atoms with Gasteiger partial charge in [-0.25, -0.2) is 0 Å². The fourth-order valence-electron chi connectivity index (χ4n) is 4.06. The molecule has 1 aliphatic heterocycles. The van der Waals surface area contributed by atoms with E-state index in [1.165, 1.54) is 12.1 Å². The molecule has 2 heterocycles. The smallest absolute Gasteiger partial charge is 0.361 e. The molecular formula is C22H22F3N3O. The Labute approximate surface area is 166 Å². The van der Waals surface area contributed by atoms with Crippen LogP contribution in [0.25, 0.3) is 10.9 Å². The Bertz CT molecular complexity index is 1010. The van der Waals surface area contributed by atoms with Crippen LogP contribution in [0.4, 0.5) is 13.2 Å². The van der Waals surface area contributed by atoms with E-state index in [4.69, 9.17) is 0 Å². The van der Waals surface area contributed by atoms with Crippen LogP contribution in [0.1, 0.15) is 29.0 Å². The maximum atomic E-state index is 13.2. The molecule has 1 unspecified atom stereocenters. The van der Waals surface area contributed by atoms with E-state index in [0.717, 1.165) is 22.5 Å². The highest BCUT2D eigenvalue weighted by molar-refractivity contribution is 5.84. The molecule has 1 fully saturated rings. The van der Waals surface area contributed by atoms with Crippen LogP contribution in [0.15, 0.2) is 54.7 Å². The summed E-state index contributed by atoms with van der Waals surface area (Å²) < 4.78 is 39.7. The average molecular weight is 401 g/mol. The Morgan fingerprint density at radius 1 is 1.07 bits per heavy atom. The summed E-state index contributed by atoms with van der Waals surface area (Å²) in [7, 11) is 0. The lowest BCUT2D eigenvalue weighted by Gasteiger charge is -2.31. The largest absolute Gasteiger partial charge is 0.416 e. The first-order chi connectivity index (χ1) is 13.9. The van der Waals surface area contributed by atoms with Crippen molar-refractivity contribution in [1.29, 1.82) is 0 Å². The number of benzene rings is 2. The van der Waals surface area contributed by atoms with E-state index in [-0.39, 0.29) is 11.8 Å². The first-order valence-corrected chi connectivity index (χ1v) is 9.67. The monoisotopic (exact) mass is 401 g/mol. The summed E-state index contributed by atoms with van der Waals surface area (Å²) in [4.78, 5) is 15.7. The molecule has 4 nitrogen and oxygen atoms in total. The number of carbonyl (C=O) groups excluding carboxylic acids is 1. The van der Waals surface area contributed by atoms with Gasteiger partial charge in [-0.3, -0.25) is 4.79 Å². The molecule has 7 heteroatoms. The Morgan fingerprint density at radius 2 is 1.90 bits per heavy atom. The van der Waals surface area contributed by atoms with Crippen molar-refractivity contribution in [2.75, 3.05) is 13.1 Å². The third-order valence-corrected chi connectivity index (χ3v) is 5.52. The van der Waals surface area contributed by atoms with Gasteiger partial charge in [-0.2, -0.15) is 13.2 Å². The number of piperazine rings is 1. The molecule has 0 radical (unpaired) electrons. The quantitative estimate of drug-likeness (QED) is 0.606. The fourth-order valence-corrected chi connectivity index (χ4v) is 4.06. The molecule has 1 aromatic heterocycles. The van der Waals surface area contributed by atoms with E-state index in [1.807, 2.05) is 30.5 Å². The van der Waals surface area contributed by atoms with Gasteiger partial charge in [0.2, 0.25) is 5.91 Å². The number of carbonyl (C=O) groups is 1. The minimum Gasteiger partial charge on any atom is -0.361 e. The van der Waals surface area contributed by atoms with Crippen molar-refractivity contribution in [2.24, 2.45) is 0 Å². The predicted molar refractivity (Wildman–Crippen MR) is 106 cm³/mol. The molecule has 0 bridgehead atoms. The van der Waals surface area contributed by atoms with Gasteiger partial charge in [-0.1, -0.05) is 36.4 Å². The van der Waals surface area contributed by atoms with Crippen molar-refractivity contribution in [3.8, 4) is 0 Å². The lowest BCUT2D eigenvalue weighted by atomic mass is 9.84. The number of amides is 1. The highest BCUT2D eigenvalue weighted by Crippen LogP contribution is 2.34. The number of alkyl halides is 3. The van der Waals surface area contributed by atoms with Gasteiger partial charge in [-0.05, 0) is 36.1 Å². The summed E-state index contributed by atoms with van der Waals surface area (Å²) in [6.07, 6.45) is -1.29. The van der Waals surface area contributed by atoms with E-state index >= 15 is 0 Å². The second-order valence-electron chi connectivity index (χ2n) is 7.35. The van der Waals surface area contributed by atoms with Crippen molar-refractivity contribution in [3.05, 3.63) is 71.4 Å². The summed E-state index contributed by atoms with van der Waals surface area (Å²) in [5, 5.41) is 7.11. The predicted octanol–water partition coefficient (Wildman–Crippen LogP) is 3.99. The number of nitrogens with one attached hydrogen (secondary N) is 3. The van der Waals surface area contributed by atoms with Crippen molar-refractivity contribution < 1.29 is 18.0 Å². The van der Waals surface area contributed by atoms with Gasteiger partial charge in [0.15, 0.2) is 0 Å². The van der Waals surface area contributed by atoms with Crippen LogP contribution in [0.3, 0.4) is 0 Å². The summed E-state index contributed by atoms with van der Waals surface area (Å²) >= 11 is 0. The first kappa shape index (κ1) is 19.5. The Balaban J connectivity index is 1.64. The second kappa shape index (κ2) is 7.91. The average Bonchev–Trinajstić information content (AvgIpc) is 3.12. The van der Waals surface area contributed by atoms with Crippen LogP contribution >= 0.6 is 0 Å². The minimum absolute atomic E-state index is 0.169. The van der Waals surface area contributed by atoms with Crippen LogP contribution in [0.5, 0.6) is 0 Å². The minimum atomic E-state index is -4.42. The molecule has 1 saturated heterocycles. The van der Waals surface area contributed by atoms with Gasteiger partial charge in [0, 0.05) is 36.1 Å². The molecule has 1 aliphatic rings. The van der Waals surface area contributed by atoms with Crippen molar-refractivity contribution in [2.45, 2.75) is 31.0 Å². The molecule has 3 N–H and O–H groups in total. The van der Waals surface area contributed by atoms with Crippen LogP contribution in [-0.4, -0.2) is 30.0 Å². The fraction of sp³-hybridized carbons (Fsp3) is 0.318. The van der Waals surface area contributed by atoms with Crippen LogP contribution < -0.4 is 10.6 Å². The number of aromatic amines is 1. The number of aryl methyl sites for hydroxylation is 1. The van der Waals surface area contributed by atoms with Crippen LogP contribution in [0.2, 0.25) is 0 Å². The molecule has 0 aliphatic carbocycles. The van der Waals surface area contributed by atoms with Crippen molar-refractivity contribution in [1.82, 2.24) is 15.6 Å². The lowest BCUT2D eigenvalue weighted by Crippen LogP contribution is -2.55.